The zero-order valence-electron chi connectivity index (χ0n) is 15.4. The van der Waals surface area contributed by atoms with Crippen LogP contribution in [0.1, 0.15) is 40.7 Å². The van der Waals surface area contributed by atoms with Crippen LogP contribution in [0.5, 0.6) is 0 Å². The van der Waals surface area contributed by atoms with Crippen molar-refractivity contribution in [3.8, 4) is 11.1 Å². The molecule has 0 amide bonds. The van der Waals surface area contributed by atoms with Gasteiger partial charge >= 0.3 is 0 Å². The Morgan fingerprint density at radius 3 is 3.04 bits per heavy atom. The summed E-state index contributed by atoms with van der Waals surface area (Å²) < 4.78 is 5.90. The van der Waals surface area contributed by atoms with Crippen molar-refractivity contribution < 1.29 is 9.53 Å². The Morgan fingerprint density at radius 1 is 1.30 bits per heavy atom. The number of hydrogen-bond acceptors (Lipinski definition) is 4. The van der Waals surface area contributed by atoms with Crippen molar-refractivity contribution in [2.24, 2.45) is 0 Å². The Hall–Kier alpha value is -1.88. The van der Waals surface area contributed by atoms with Crippen LogP contribution in [0.4, 0.5) is 5.69 Å². The molecule has 5 heteroatoms. The number of nitrogens with one attached hydrogen (secondary N) is 1. The molecule has 2 aromatic rings. The summed E-state index contributed by atoms with van der Waals surface area (Å²) in [5, 5.41) is 4.16. The Balaban J connectivity index is 1.70. The third-order valence-electron chi connectivity index (χ3n) is 6.16. The molecule has 3 aliphatic rings. The van der Waals surface area contributed by atoms with Crippen LogP contribution < -0.4 is 10.2 Å². The van der Waals surface area contributed by atoms with Crippen molar-refractivity contribution in [2.45, 2.75) is 31.9 Å². The summed E-state index contributed by atoms with van der Waals surface area (Å²) in [4.78, 5) is 14.8. The monoisotopic (exact) mass is 382 g/mol. The van der Waals surface area contributed by atoms with E-state index in [1.165, 1.54) is 16.8 Å². The number of ketones is 1. The van der Waals surface area contributed by atoms with Crippen LogP contribution in [0.2, 0.25) is 5.02 Å². The Kier molecular flexibility index (Phi) is 4.23. The highest BCUT2D eigenvalue weighted by Crippen LogP contribution is 2.48. The molecule has 0 aromatic heterocycles. The Bertz CT molecular complexity index is 927. The van der Waals surface area contributed by atoms with E-state index in [9.17, 15) is 4.79 Å². The maximum Gasteiger partial charge on any atom is 0.160 e. The summed E-state index contributed by atoms with van der Waals surface area (Å²) in [7, 11) is 0. The second-order valence-electron chi connectivity index (χ2n) is 7.73. The van der Waals surface area contributed by atoms with Gasteiger partial charge < -0.3 is 15.0 Å². The molecule has 0 radical (unpaired) electrons. The lowest BCUT2D eigenvalue weighted by molar-refractivity contribution is 0.101. The highest BCUT2D eigenvalue weighted by Gasteiger charge is 2.41. The van der Waals surface area contributed by atoms with Crippen molar-refractivity contribution in [1.29, 1.82) is 0 Å². The molecule has 0 spiro atoms. The fourth-order valence-electron chi connectivity index (χ4n) is 5.00. The number of anilines is 1. The summed E-state index contributed by atoms with van der Waals surface area (Å²) >= 11 is 6.15. The minimum absolute atomic E-state index is 0.0361. The summed E-state index contributed by atoms with van der Waals surface area (Å²) in [6, 6.07) is 10.7. The van der Waals surface area contributed by atoms with Crippen LogP contribution in [0.25, 0.3) is 11.1 Å². The number of Topliss-reactive ketones (excluding diaryl/α,β-unsaturated/α-hetero) is 1. The van der Waals surface area contributed by atoms with Gasteiger partial charge in [0.15, 0.2) is 5.78 Å². The normalized spacial score (nSPS) is 23.6. The van der Waals surface area contributed by atoms with Gasteiger partial charge in [0.05, 0.1) is 13.2 Å². The molecule has 0 saturated carbocycles. The van der Waals surface area contributed by atoms with Crippen molar-refractivity contribution >= 4 is 23.1 Å². The van der Waals surface area contributed by atoms with E-state index in [2.05, 4.69) is 22.3 Å². The predicted molar refractivity (Wildman–Crippen MR) is 108 cm³/mol. The SMILES string of the molecule is CC(=O)c1cc(Cl)ccc1-c1cc2c3c(c1)[C@@H]1CNCCC1N3CCOC2. The van der Waals surface area contributed by atoms with Crippen molar-refractivity contribution in [3.05, 3.63) is 52.0 Å². The smallest absolute Gasteiger partial charge is 0.160 e. The van der Waals surface area contributed by atoms with E-state index in [4.69, 9.17) is 16.3 Å². The standard InChI is InChI=1S/C22H23ClN2O2/c1-13(26)18-10-16(23)2-3-17(18)14-8-15-12-27-7-6-25-21-4-5-24-11-20(21)19(9-14)22(15)25/h2-3,8-10,20-21,24H,4-7,11-12H2,1H3/t20-,21?/m0/s1. The van der Waals surface area contributed by atoms with E-state index < -0.39 is 0 Å². The molecule has 0 aliphatic carbocycles. The van der Waals surface area contributed by atoms with Crippen LogP contribution >= 0.6 is 11.6 Å². The molecule has 27 heavy (non-hydrogen) atoms. The number of fused-ring (bicyclic) bond motifs is 3. The van der Waals surface area contributed by atoms with Gasteiger partial charge in [-0.3, -0.25) is 4.79 Å². The van der Waals surface area contributed by atoms with Gasteiger partial charge in [-0.05, 0) is 60.8 Å². The zero-order chi connectivity index (χ0) is 18.5. The van der Waals surface area contributed by atoms with Crippen molar-refractivity contribution in [1.82, 2.24) is 5.32 Å². The molecule has 140 valence electrons. The number of benzene rings is 2. The molecule has 1 N–H and O–H groups in total. The predicted octanol–water partition coefficient (Wildman–Crippen LogP) is 4.01. The summed E-state index contributed by atoms with van der Waals surface area (Å²) in [6.45, 7) is 6.03. The summed E-state index contributed by atoms with van der Waals surface area (Å²) in [6.07, 6.45) is 1.16. The second-order valence-corrected chi connectivity index (χ2v) is 8.17. The van der Waals surface area contributed by atoms with Crippen molar-refractivity contribution in [3.63, 3.8) is 0 Å². The fraction of sp³-hybridized carbons (Fsp3) is 0.409. The van der Waals surface area contributed by atoms with Gasteiger partial charge in [0, 0.05) is 46.9 Å². The summed E-state index contributed by atoms with van der Waals surface area (Å²) in [5.41, 5.74) is 6.72. The van der Waals surface area contributed by atoms with Crippen LogP contribution in [-0.4, -0.2) is 38.1 Å². The Morgan fingerprint density at radius 2 is 2.19 bits per heavy atom. The van der Waals surface area contributed by atoms with Gasteiger partial charge in [0.1, 0.15) is 0 Å². The van der Waals surface area contributed by atoms with E-state index in [-0.39, 0.29) is 5.78 Å². The first-order valence-electron chi connectivity index (χ1n) is 9.66. The van der Waals surface area contributed by atoms with Gasteiger partial charge in [-0.25, -0.2) is 0 Å². The molecule has 3 heterocycles. The van der Waals surface area contributed by atoms with Gasteiger partial charge in [0.2, 0.25) is 0 Å². The van der Waals surface area contributed by atoms with E-state index >= 15 is 0 Å². The zero-order valence-corrected chi connectivity index (χ0v) is 16.2. The number of piperidine rings is 1. The van der Waals surface area contributed by atoms with Crippen LogP contribution in [-0.2, 0) is 11.3 Å². The van der Waals surface area contributed by atoms with Crippen LogP contribution in [0.3, 0.4) is 0 Å². The molecule has 0 bridgehead atoms. The lowest BCUT2D eigenvalue weighted by Gasteiger charge is -2.33. The molecular formula is C22H23ClN2O2. The molecule has 4 nitrogen and oxygen atoms in total. The maximum absolute atomic E-state index is 12.2. The third-order valence-corrected chi connectivity index (χ3v) is 6.39. The molecular weight excluding hydrogens is 360 g/mol. The number of carbonyl (C=O) groups excluding carboxylic acids is 1. The average Bonchev–Trinajstić information content (AvgIpc) is 2.83. The number of nitrogens with zero attached hydrogens (tertiary/aromatic N) is 1. The minimum atomic E-state index is 0.0361. The minimum Gasteiger partial charge on any atom is -0.375 e. The molecule has 5 rings (SSSR count). The highest BCUT2D eigenvalue weighted by molar-refractivity contribution is 6.31. The fourth-order valence-corrected chi connectivity index (χ4v) is 5.17. The molecule has 3 aliphatic heterocycles. The van der Waals surface area contributed by atoms with Gasteiger partial charge in [0.25, 0.3) is 0 Å². The number of rotatable bonds is 2. The molecule has 1 fully saturated rings. The van der Waals surface area contributed by atoms with E-state index in [0.29, 0.717) is 29.2 Å². The number of carbonyl (C=O) groups is 1. The van der Waals surface area contributed by atoms with Gasteiger partial charge in [-0.15, -0.1) is 0 Å². The molecule has 2 aromatic carbocycles. The maximum atomic E-state index is 12.2. The number of halogens is 1. The van der Waals surface area contributed by atoms with E-state index in [1.54, 1.807) is 13.0 Å². The molecule has 2 atom stereocenters. The first-order chi connectivity index (χ1) is 13.1. The first-order valence-corrected chi connectivity index (χ1v) is 10.0. The van der Waals surface area contributed by atoms with Crippen LogP contribution in [0, 0.1) is 0 Å². The quantitative estimate of drug-likeness (QED) is 0.797. The Labute approximate surface area is 164 Å². The first kappa shape index (κ1) is 17.2. The number of hydrogen-bond donors (Lipinski definition) is 1. The highest BCUT2D eigenvalue weighted by atomic mass is 35.5. The van der Waals surface area contributed by atoms with Gasteiger partial charge in [-0.2, -0.15) is 0 Å². The molecule has 1 unspecified atom stereocenters. The number of ether oxygens (including phenoxy) is 1. The average molecular weight is 383 g/mol. The largest absolute Gasteiger partial charge is 0.375 e. The second kappa shape index (κ2) is 6.62. The van der Waals surface area contributed by atoms with E-state index in [0.717, 1.165) is 43.8 Å². The topological polar surface area (TPSA) is 41.6 Å². The van der Waals surface area contributed by atoms with Crippen molar-refractivity contribution in [2.75, 3.05) is 31.1 Å². The lowest BCUT2D eigenvalue weighted by Crippen LogP contribution is -2.44. The summed E-state index contributed by atoms with van der Waals surface area (Å²) in [5.74, 6) is 0.535. The lowest BCUT2D eigenvalue weighted by atomic mass is 9.87. The third kappa shape index (κ3) is 2.78. The van der Waals surface area contributed by atoms with E-state index in [1.807, 2.05) is 12.1 Å². The molecule has 1 saturated heterocycles. The van der Waals surface area contributed by atoms with Gasteiger partial charge in [-0.1, -0.05) is 17.7 Å². The van der Waals surface area contributed by atoms with Crippen LogP contribution in [0.15, 0.2) is 30.3 Å².